The van der Waals surface area contributed by atoms with E-state index in [4.69, 9.17) is 16.3 Å². The van der Waals surface area contributed by atoms with Crippen molar-refractivity contribution in [2.24, 2.45) is 0 Å². The van der Waals surface area contributed by atoms with Gasteiger partial charge in [0, 0.05) is 31.4 Å². The molecular weight excluding hydrogens is 400 g/mol. The number of sulfonamides is 1. The monoisotopic (exact) mass is 422 g/mol. The first-order chi connectivity index (χ1) is 13.2. The lowest BCUT2D eigenvalue weighted by molar-refractivity contribution is -0.0440. The van der Waals surface area contributed by atoms with E-state index in [1.54, 1.807) is 7.05 Å². The number of ether oxygens (including phenoxy) is 1. The Kier molecular flexibility index (Phi) is 6.09. The molecule has 0 aromatic heterocycles. The second-order valence-corrected chi connectivity index (χ2v) is 9.24. The van der Waals surface area contributed by atoms with E-state index >= 15 is 0 Å². The largest absolute Gasteiger partial charge is 0.373 e. The first kappa shape index (κ1) is 20.8. The van der Waals surface area contributed by atoms with Gasteiger partial charge in [0.15, 0.2) is 0 Å². The number of hydrogen-bond donors (Lipinski definition) is 0. The maximum Gasteiger partial charge on any atom is 0.258 e. The Bertz CT molecular complexity index is 955. The van der Waals surface area contributed by atoms with E-state index in [9.17, 15) is 13.2 Å². The van der Waals surface area contributed by atoms with Crippen molar-refractivity contribution in [3.8, 4) is 0 Å². The van der Waals surface area contributed by atoms with Gasteiger partial charge in [0.05, 0.1) is 17.2 Å². The lowest BCUT2D eigenvalue weighted by Crippen LogP contribution is -2.48. The number of carbonyl (C=O) groups is 1. The van der Waals surface area contributed by atoms with E-state index in [1.165, 1.54) is 27.4 Å². The Morgan fingerprint density at radius 2 is 1.71 bits per heavy atom. The molecule has 1 saturated heterocycles. The van der Waals surface area contributed by atoms with Crippen molar-refractivity contribution in [2.75, 3.05) is 25.0 Å². The normalized spacial score (nSPS) is 20.7. The minimum atomic E-state index is -3.85. The predicted molar refractivity (Wildman–Crippen MR) is 109 cm³/mol. The SMILES string of the molecule is CC1CN(S(=O)(=O)c2cc(C(=O)N(C)c3ccccc3)ccc2Cl)CC(C)O1. The quantitative estimate of drug-likeness (QED) is 0.757. The number of para-hydroxylation sites is 1. The molecule has 28 heavy (non-hydrogen) atoms. The molecular formula is C20H23ClN2O4S. The summed E-state index contributed by atoms with van der Waals surface area (Å²) >= 11 is 6.21. The van der Waals surface area contributed by atoms with Gasteiger partial charge in [-0.1, -0.05) is 29.8 Å². The van der Waals surface area contributed by atoms with Crippen molar-refractivity contribution < 1.29 is 17.9 Å². The van der Waals surface area contributed by atoms with Gasteiger partial charge in [0.2, 0.25) is 10.0 Å². The van der Waals surface area contributed by atoms with Gasteiger partial charge in [-0.15, -0.1) is 0 Å². The molecule has 0 aliphatic carbocycles. The second kappa shape index (κ2) is 8.21. The number of nitrogens with zero attached hydrogens (tertiary/aromatic N) is 2. The summed E-state index contributed by atoms with van der Waals surface area (Å²) in [4.78, 5) is 14.3. The van der Waals surface area contributed by atoms with Crippen LogP contribution in [0.1, 0.15) is 24.2 Å². The first-order valence-corrected chi connectivity index (χ1v) is 10.8. The van der Waals surface area contributed by atoms with E-state index in [1.807, 2.05) is 44.2 Å². The lowest BCUT2D eigenvalue weighted by atomic mass is 10.2. The third kappa shape index (κ3) is 4.22. The molecule has 1 heterocycles. The highest BCUT2D eigenvalue weighted by molar-refractivity contribution is 7.89. The highest BCUT2D eigenvalue weighted by Crippen LogP contribution is 2.29. The Labute approximate surface area is 170 Å². The summed E-state index contributed by atoms with van der Waals surface area (Å²) in [5.41, 5.74) is 0.964. The van der Waals surface area contributed by atoms with Gasteiger partial charge in [0.25, 0.3) is 5.91 Å². The zero-order valence-corrected chi connectivity index (χ0v) is 17.6. The van der Waals surface area contributed by atoms with Crippen molar-refractivity contribution in [1.29, 1.82) is 0 Å². The Balaban J connectivity index is 1.94. The van der Waals surface area contributed by atoms with Gasteiger partial charge in [-0.05, 0) is 44.2 Å². The van der Waals surface area contributed by atoms with E-state index in [0.717, 1.165) is 0 Å². The van der Waals surface area contributed by atoms with Crippen LogP contribution in [0, 0.1) is 0 Å². The summed E-state index contributed by atoms with van der Waals surface area (Å²) in [5, 5.41) is 0.0886. The van der Waals surface area contributed by atoms with E-state index in [-0.39, 0.29) is 46.7 Å². The standard InChI is InChI=1S/C20H23ClN2O4S/c1-14-12-23(13-15(2)27-14)28(25,26)19-11-16(9-10-18(19)21)20(24)22(3)17-7-5-4-6-8-17/h4-11,14-15H,12-13H2,1-3H3. The van der Waals surface area contributed by atoms with E-state index in [0.29, 0.717) is 5.69 Å². The van der Waals surface area contributed by atoms with Crippen LogP contribution in [0.2, 0.25) is 5.02 Å². The lowest BCUT2D eigenvalue weighted by Gasteiger charge is -2.34. The molecule has 3 rings (SSSR count). The molecule has 6 nitrogen and oxygen atoms in total. The van der Waals surface area contributed by atoms with Crippen LogP contribution in [0.15, 0.2) is 53.4 Å². The molecule has 0 radical (unpaired) electrons. The number of amides is 1. The third-order valence-corrected chi connectivity index (χ3v) is 6.94. The molecule has 2 unspecified atom stereocenters. The van der Waals surface area contributed by atoms with Gasteiger partial charge < -0.3 is 9.64 Å². The first-order valence-electron chi connectivity index (χ1n) is 8.98. The van der Waals surface area contributed by atoms with Crippen LogP contribution >= 0.6 is 11.6 Å². The van der Waals surface area contributed by atoms with Crippen molar-refractivity contribution >= 4 is 33.2 Å². The van der Waals surface area contributed by atoms with Crippen molar-refractivity contribution in [2.45, 2.75) is 31.0 Å². The maximum atomic E-state index is 13.2. The minimum Gasteiger partial charge on any atom is -0.373 e. The fraction of sp³-hybridized carbons (Fsp3) is 0.350. The number of halogens is 1. The highest BCUT2D eigenvalue weighted by atomic mass is 35.5. The van der Waals surface area contributed by atoms with Crippen LogP contribution in [0.4, 0.5) is 5.69 Å². The molecule has 1 aliphatic heterocycles. The minimum absolute atomic E-state index is 0.0669. The van der Waals surface area contributed by atoms with Crippen LogP contribution in [-0.4, -0.2) is 51.0 Å². The zero-order chi connectivity index (χ0) is 20.5. The topological polar surface area (TPSA) is 66.9 Å². The van der Waals surface area contributed by atoms with Gasteiger partial charge in [0.1, 0.15) is 4.90 Å². The number of benzene rings is 2. The summed E-state index contributed by atoms with van der Waals surface area (Å²) < 4.78 is 33.3. The van der Waals surface area contributed by atoms with Crippen LogP contribution in [0.25, 0.3) is 0 Å². The Morgan fingerprint density at radius 3 is 2.32 bits per heavy atom. The average molecular weight is 423 g/mol. The van der Waals surface area contributed by atoms with Crippen LogP contribution < -0.4 is 4.90 Å². The number of anilines is 1. The molecule has 2 aromatic carbocycles. The summed E-state index contributed by atoms with van der Waals surface area (Å²) in [5.74, 6) is -0.317. The van der Waals surface area contributed by atoms with Crippen LogP contribution in [0.3, 0.4) is 0 Å². The highest BCUT2D eigenvalue weighted by Gasteiger charge is 2.34. The third-order valence-electron chi connectivity index (χ3n) is 4.63. The van der Waals surface area contributed by atoms with Gasteiger partial charge in [-0.25, -0.2) is 8.42 Å². The zero-order valence-electron chi connectivity index (χ0n) is 16.0. The number of morpholine rings is 1. The van der Waals surface area contributed by atoms with Crippen molar-refractivity contribution in [1.82, 2.24) is 4.31 Å². The molecule has 150 valence electrons. The van der Waals surface area contributed by atoms with Gasteiger partial charge in [-0.2, -0.15) is 4.31 Å². The van der Waals surface area contributed by atoms with Gasteiger partial charge >= 0.3 is 0 Å². The molecule has 2 atom stereocenters. The Morgan fingerprint density at radius 1 is 1.11 bits per heavy atom. The maximum absolute atomic E-state index is 13.2. The molecule has 8 heteroatoms. The van der Waals surface area contributed by atoms with E-state index < -0.39 is 10.0 Å². The summed E-state index contributed by atoms with van der Waals surface area (Å²) in [6.45, 7) is 4.14. The Hall–Kier alpha value is -1.93. The van der Waals surface area contributed by atoms with Crippen LogP contribution in [-0.2, 0) is 14.8 Å². The summed E-state index contributed by atoms with van der Waals surface area (Å²) in [7, 11) is -2.21. The second-order valence-electron chi connectivity index (χ2n) is 6.92. The van der Waals surface area contributed by atoms with E-state index in [2.05, 4.69) is 0 Å². The average Bonchev–Trinajstić information content (AvgIpc) is 2.67. The molecule has 0 spiro atoms. The molecule has 0 N–H and O–H groups in total. The predicted octanol–water partition coefficient (Wildman–Crippen LogP) is 3.41. The molecule has 2 aromatic rings. The number of rotatable bonds is 4. The van der Waals surface area contributed by atoms with Crippen LogP contribution in [0.5, 0.6) is 0 Å². The number of carbonyl (C=O) groups excluding carboxylic acids is 1. The fourth-order valence-electron chi connectivity index (χ4n) is 3.26. The summed E-state index contributed by atoms with van der Waals surface area (Å²) in [6, 6.07) is 13.5. The molecule has 0 bridgehead atoms. The van der Waals surface area contributed by atoms with Crippen molar-refractivity contribution in [3.63, 3.8) is 0 Å². The molecule has 0 saturated carbocycles. The fourth-order valence-corrected chi connectivity index (χ4v) is 5.35. The summed E-state index contributed by atoms with van der Waals surface area (Å²) in [6.07, 6.45) is -0.433. The smallest absolute Gasteiger partial charge is 0.258 e. The molecule has 1 fully saturated rings. The molecule has 1 aliphatic rings. The van der Waals surface area contributed by atoms with Crippen molar-refractivity contribution in [3.05, 3.63) is 59.1 Å². The molecule has 1 amide bonds. The number of hydrogen-bond acceptors (Lipinski definition) is 4. The van der Waals surface area contributed by atoms with Gasteiger partial charge in [-0.3, -0.25) is 4.79 Å².